The molecule has 0 radical (unpaired) electrons. The van der Waals surface area contributed by atoms with Crippen LogP contribution in [0.25, 0.3) is 0 Å². The van der Waals surface area contributed by atoms with E-state index in [1.807, 2.05) is 30.3 Å². The van der Waals surface area contributed by atoms with Crippen LogP contribution in [0.4, 0.5) is 13.2 Å². The van der Waals surface area contributed by atoms with Gasteiger partial charge in [-0.05, 0) is 48.3 Å². The third kappa shape index (κ3) is 7.64. The average molecular weight is 378 g/mol. The quantitative estimate of drug-likeness (QED) is 0.453. The molecule has 7 heteroatoms. The number of nitrogens with one attached hydrogen (secondary N) is 2. The molecular formula is C19H17F3N2OS. The lowest BCUT2D eigenvalue weighted by molar-refractivity contribution is -0.132. The molecule has 2 N–H and O–H groups in total. The third-order valence-electron chi connectivity index (χ3n) is 3.17. The number of halogens is 3. The van der Waals surface area contributed by atoms with Crippen LogP contribution in [0.5, 0.6) is 0 Å². The first-order chi connectivity index (χ1) is 12.4. The van der Waals surface area contributed by atoms with E-state index in [-0.39, 0.29) is 0 Å². The number of carbonyl (C=O) groups excluding carboxylic acids is 1. The summed E-state index contributed by atoms with van der Waals surface area (Å²) in [6, 6.07) is 16.2. The zero-order chi connectivity index (χ0) is 18.8. The normalized spacial score (nSPS) is 10.7. The molecule has 0 saturated heterocycles. The van der Waals surface area contributed by atoms with Gasteiger partial charge in [-0.1, -0.05) is 30.0 Å². The summed E-state index contributed by atoms with van der Waals surface area (Å²) in [6.45, 7) is 0.0495. The van der Waals surface area contributed by atoms with Crippen molar-refractivity contribution in [1.82, 2.24) is 10.0 Å². The molecule has 136 valence electrons. The number of hydrogen-bond donors (Lipinski definition) is 2. The molecule has 2 aromatic carbocycles. The van der Waals surface area contributed by atoms with Crippen molar-refractivity contribution in [2.24, 2.45) is 0 Å². The van der Waals surface area contributed by atoms with Gasteiger partial charge in [-0.25, -0.2) is 4.72 Å². The van der Waals surface area contributed by atoms with Crippen molar-refractivity contribution in [3.8, 4) is 11.8 Å². The summed E-state index contributed by atoms with van der Waals surface area (Å²) in [5.74, 6) is 5.39. The number of amides is 1. The van der Waals surface area contributed by atoms with E-state index in [9.17, 15) is 18.0 Å². The van der Waals surface area contributed by atoms with Gasteiger partial charge in [-0.3, -0.25) is 4.79 Å². The van der Waals surface area contributed by atoms with Crippen molar-refractivity contribution in [2.75, 3.05) is 13.1 Å². The number of carbonyl (C=O) groups is 1. The molecule has 0 spiro atoms. The zero-order valence-corrected chi connectivity index (χ0v) is 14.6. The Morgan fingerprint density at radius 2 is 1.73 bits per heavy atom. The maximum absolute atomic E-state index is 12.1. The first kappa shape index (κ1) is 19.9. The second-order valence-corrected chi connectivity index (χ2v) is 6.20. The van der Waals surface area contributed by atoms with Gasteiger partial charge in [-0.15, -0.1) is 0 Å². The van der Waals surface area contributed by atoms with Crippen LogP contribution in [0, 0.1) is 11.8 Å². The number of rotatable bonds is 6. The first-order valence-corrected chi connectivity index (χ1v) is 8.64. The lowest BCUT2D eigenvalue weighted by Gasteiger charge is -2.07. The van der Waals surface area contributed by atoms with E-state index in [1.165, 1.54) is 11.9 Å². The second kappa shape index (κ2) is 9.90. The van der Waals surface area contributed by atoms with Crippen molar-refractivity contribution in [2.45, 2.75) is 17.5 Å². The topological polar surface area (TPSA) is 41.1 Å². The van der Waals surface area contributed by atoms with E-state index < -0.39 is 25.0 Å². The van der Waals surface area contributed by atoms with Crippen LogP contribution < -0.4 is 10.0 Å². The second-order valence-electron chi connectivity index (χ2n) is 5.24. The predicted octanol–water partition coefficient (Wildman–Crippen LogP) is 4.02. The zero-order valence-electron chi connectivity index (χ0n) is 13.8. The van der Waals surface area contributed by atoms with E-state index in [0.29, 0.717) is 12.1 Å². The Hall–Kier alpha value is -2.43. The minimum atomic E-state index is -4.28. The fraction of sp³-hybridized carbons (Fsp3) is 0.211. The molecule has 0 aliphatic carbocycles. The van der Waals surface area contributed by atoms with E-state index in [1.54, 1.807) is 24.3 Å². The Bertz CT molecular complexity index is 765. The molecule has 3 nitrogen and oxygen atoms in total. The molecule has 0 aromatic heterocycles. The summed E-state index contributed by atoms with van der Waals surface area (Å²) in [5, 5.41) is 2.24. The Morgan fingerprint density at radius 3 is 2.38 bits per heavy atom. The van der Waals surface area contributed by atoms with Crippen molar-refractivity contribution in [3.63, 3.8) is 0 Å². The molecule has 26 heavy (non-hydrogen) atoms. The minimum absolute atomic E-state index is 0.301. The average Bonchev–Trinajstić information content (AvgIpc) is 2.62. The largest absolute Gasteiger partial charge is 0.390 e. The summed E-state index contributed by atoms with van der Waals surface area (Å²) in [5.41, 5.74) is 1.03. The van der Waals surface area contributed by atoms with Crippen molar-refractivity contribution < 1.29 is 18.0 Å². The SMILES string of the molecule is O=C(NCCC(F)(F)F)c1ccc(C#CCNSc2ccccc2)cc1. The number of hydrogen-bond acceptors (Lipinski definition) is 3. The van der Waals surface area contributed by atoms with Crippen molar-refractivity contribution in [3.05, 3.63) is 65.7 Å². The fourth-order valence-corrected chi connectivity index (χ4v) is 2.52. The minimum Gasteiger partial charge on any atom is -0.352 e. The van der Waals surface area contributed by atoms with Crippen LogP contribution >= 0.6 is 11.9 Å². The molecule has 0 fully saturated rings. The highest BCUT2D eigenvalue weighted by atomic mass is 32.2. The predicted molar refractivity (Wildman–Crippen MR) is 96.6 cm³/mol. The highest BCUT2D eigenvalue weighted by molar-refractivity contribution is 7.97. The molecule has 0 heterocycles. The van der Waals surface area contributed by atoms with Crippen LogP contribution in [-0.4, -0.2) is 25.2 Å². The van der Waals surface area contributed by atoms with Gasteiger partial charge in [0.25, 0.3) is 5.91 Å². The maximum atomic E-state index is 12.1. The molecule has 0 bridgehead atoms. The molecule has 0 saturated carbocycles. The van der Waals surface area contributed by atoms with Crippen molar-refractivity contribution in [1.29, 1.82) is 0 Å². The van der Waals surface area contributed by atoms with Crippen molar-refractivity contribution >= 4 is 17.9 Å². The van der Waals surface area contributed by atoms with Gasteiger partial charge >= 0.3 is 6.18 Å². The van der Waals surface area contributed by atoms with Crippen LogP contribution in [0.3, 0.4) is 0 Å². The van der Waals surface area contributed by atoms with Gasteiger partial charge in [0.1, 0.15) is 0 Å². The maximum Gasteiger partial charge on any atom is 0.390 e. The molecule has 2 rings (SSSR count). The summed E-state index contributed by atoms with van der Waals surface area (Å²) in [7, 11) is 0. The molecule has 0 atom stereocenters. The van der Waals surface area contributed by atoms with Crippen LogP contribution in [0.15, 0.2) is 59.5 Å². The lowest BCUT2D eigenvalue weighted by atomic mass is 10.1. The Kier molecular flexibility index (Phi) is 7.57. The van der Waals surface area contributed by atoms with E-state index in [0.717, 1.165) is 10.5 Å². The fourth-order valence-electron chi connectivity index (χ4n) is 1.92. The van der Waals surface area contributed by atoms with Crippen LogP contribution in [0.2, 0.25) is 0 Å². The van der Waals surface area contributed by atoms with Gasteiger partial charge in [0.05, 0.1) is 13.0 Å². The monoisotopic (exact) mass is 378 g/mol. The molecule has 0 aliphatic rings. The molecule has 0 aliphatic heterocycles. The van der Waals surface area contributed by atoms with E-state index >= 15 is 0 Å². The summed E-state index contributed by atoms with van der Waals surface area (Å²) < 4.78 is 39.3. The standard InChI is InChI=1S/C19H17F3N2OS/c20-19(21,22)12-14-23-18(25)16-10-8-15(9-11-16)5-4-13-24-26-17-6-2-1-3-7-17/h1-3,6-11,24H,12-14H2,(H,23,25). The highest BCUT2D eigenvalue weighted by Crippen LogP contribution is 2.18. The van der Waals surface area contributed by atoms with Gasteiger partial charge in [0.15, 0.2) is 0 Å². The smallest absolute Gasteiger partial charge is 0.352 e. The van der Waals surface area contributed by atoms with E-state index in [2.05, 4.69) is 21.9 Å². The Morgan fingerprint density at radius 1 is 1.04 bits per heavy atom. The summed E-state index contributed by atoms with van der Waals surface area (Å²) in [4.78, 5) is 12.8. The third-order valence-corrected chi connectivity index (χ3v) is 3.96. The van der Waals surface area contributed by atoms with E-state index in [4.69, 9.17) is 0 Å². The molecule has 0 unspecified atom stereocenters. The molecule has 2 aromatic rings. The Labute approximate surface area is 154 Å². The van der Waals surface area contributed by atoms with Crippen LogP contribution in [0.1, 0.15) is 22.3 Å². The molecular weight excluding hydrogens is 361 g/mol. The molecule has 1 amide bonds. The van der Waals surface area contributed by atoms with Gasteiger partial charge in [-0.2, -0.15) is 13.2 Å². The summed E-state index contributed by atoms with van der Waals surface area (Å²) >= 11 is 1.49. The number of alkyl halides is 3. The Balaban J connectivity index is 1.76. The number of benzene rings is 2. The van der Waals surface area contributed by atoms with Gasteiger partial charge < -0.3 is 5.32 Å². The first-order valence-electron chi connectivity index (χ1n) is 7.83. The lowest BCUT2D eigenvalue weighted by Crippen LogP contribution is -2.27. The summed E-state index contributed by atoms with van der Waals surface area (Å²) in [6.07, 6.45) is -5.32. The van der Waals surface area contributed by atoms with Gasteiger partial charge in [0, 0.05) is 22.6 Å². The highest BCUT2D eigenvalue weighted by Gasteiger charge is 2.26. The van der Waals surface area contributed by atoms with Gasteiger partial charge in [0.2, 0.25) is 0 Å². The van der Waals surface area contributed by atoms with Crippen LogP contribution in [-0.2, 0) is 0 Å².